The van der Waals surface area contributed by atoms with Gasteiger partial charge in [-0.05, 0) is 32.4 Å². The van der Waals surface area contributed by atoms with Gasteiger partial charge in [0, 0.05) is 0 Å². The zero-order chi connectivity index (χ0) is 15.1. The molecule has 0 fully saturated rings. The highest BCUT2D eigenvalue weighted by atomic mass is 31.1. The lowest BCUT2D eigenvalue weighted by atomic mass is 9.81. The number of hydrogen-bond donors (Lipinski definition) is 0. The first-order valence-electron chi connectivity index (χ1n) is 7.23. The van der Waals surface area contributed by atoms with Crippen molar-refractivity contribution in [3.8, 4) is 0 Å². The van der Waals surface area contributed by atoms with Crippen molar-refractivity contribution in [3.63, 3.8) is 0 Å². The van der Waals surface area contributed by atoms with Crippen molar-refractivity contribution in [2.45, 2.75) is 78.3 Å². The van der Waals surface area contributed by atoms with E-state index in [2.05, 4.69) is 80.5 Å². The molecular formula is C18H31P. The van der Waals surface area contributed by atoms with E-state index >= 15 is 0 Å². The molecule has 0 bridgehead atoms. The monoisotopic (exact) mass is 278 g/mol. The highest BCUT2D eigenvalue weighted by Crippen LogP contribution is 2.34. The van der Waals surface area contributed by atoms with Gasteiger partial charge in [-0.25, -0.2) is 0 Å². The van der Waals surface area contributed by atoms with E-state index in [1.165, 1.54) is 16.4 Å². The van der Waals surface area contributed by atoms with Gasteiger partial charge in [-0.3, -0.25) is 0 Å². The molecule has 0 saturated heterocycles. The predicted molar refractivity (Wildman–Crippen MR) is 91.5 cm³/mol. The van der Waals surface area contributed by atoms with Gasteiger partial charge >= 0.3 is 0 Å². The Labute approximate surface area is 122 Å². The van der Waals surface area contributed by atoms with Crippen LogP contribution >= 0.6 is 8.58 Å². The second kappa shape index (κ2) is 5.21. The van der Waals surface area contributed by atoms with E-state index in [0.717, 1.165) is 8.58 Å². The molecule has 1 unspecified atom stereocenters. The maximum Gasteiger partial charge on any atom is -0.0132 e. The molecule has 0 radical (unpaired) electrons. The van der Waals surface area contributed by atoms with E-state index in [1.807, 2.05) is 0 Å². The second-order valence-corrected chi connectivity index (χ2v) is 11.0. The van der Waals surface area contributed by atoms with Crippen LogP contribution in [0.15, 0.2) is 18.2 Å². The van der Waals surface area contributed by atoms with Crippen LogP contribution in [0.2, 0.25) is 0 Å². The molecule has 1 atom stereocenters. The maximum atomic E-state index is 2.42. The third-order valence-corrected chi connectivity index (χ3v) is 4.51. The molecule has 0 amide bonds. The second-order valence-electron chi connectivity index (χ2n) is 8.67. The minimum Gasteiger partial charge on any atom is -0.0848 e. The number of hydrogen-bond acceptors (Lipinski definition) is 0. The summed E-state index contributed by atoms with van der Waals surface area (Å²) in [6.45, 7) is 20.8. The Morgan fingerprint density at radius 3 is 1.26 bits per heavy atom. The Balaban J connectivity index is 3.33. The van der Waals surface area contributed by atoms with E-state index < -0.39 is 0 Å². The Hall–Kier alpha value is -0.350. The Morgan fingerprint density at radius 2 is 1.00 bits per heavy atom. The highest BCUT2D eigenvalue weighted by Gasteiger charge is 2.21. The van der Waals surface area contributed by atoms with Crippen LogP contribution in [0.5, 0.6) is 0 Å². The van der Waals surface area contributed by atoms with E-state index in [9.17, 15) is 0 Å². The van der Waals surface area contributed by atoms with Gasteiger partial charge in [-0.15, -0.1) is 0 Å². The summed E-state index contributed by atoms with van der Waals surface area (Å²) in [5.74, 6) is 0. The first-order valence-corrected chi connectivity index (χ1v) is 8.23. The van der Waals surface area contributed by atoms with Crippen LogP contribution in [0.1, 0.15) is 73.4 Å². The van der Waals surface area contributed by atoms with E-state index in [4.69, 9.17) is 0 Å². The first kappa shape index (κ1) is 16.7. The molecule has 108 valence electrons. The summed E-state index contributed by atoms with van der Waals surface area (Å²) in [5, 5.41) is 1.87. The number of rotatable bonds is 1. The van der Waals surface area contributed by atoms with Gasteiger partial charge in [0.1, 0.15) is 0 Å². The van der Waals surface area contributed by atoms with Crippen molar-refractivity contribution in [1.29, 1.82) is 0 Å². The third-order valence-electron chi connectivity index (χ3n) is 3.18. The van der Waals surface area contributed by atoms with Gasteiger partial charge in [0.2, 0.25) is 0 Å². The molecule has 19 heavy (non-hydrogen) atoms. The first-order chi connectivity index (χ1) is 8.29. The highest BCUT2D eigenvalue weighted by molar-refractivity contribution is 7.48. The topological polar surface area (TPSA) is 0 Å². The van der Waals surface area contributed by atoms with Crippen LogP contribution in [-0.2, 0) is 10.8 Å². The fourth-order valence-electron chi connectivity index (χ4n) is 2.00. The molecule has 0 aliphatic heterocycles. The van der Waals surface area contributed by atoms with Crippen molar-refractivity contribution in [1.82, 2.24) is 0 Å². The zero-order valence-corrected chi connectivity index (χ0v) is 15.2. The van der Waals surface area contributed by atoms with Crippen LogP contribution in [0.3, 0.4) is 0 Å². The fourth-order valence-corrected chi connectivity index (χ4v) is 3.32. The summed E-state index contributed by atoms with van der Waals surface area (Å²) in [4.78, 5) is 0. The van der Waals surface area contributed by atoms with Crippen molar-refractivity contribution >= 4 is 13.9 Å². The lowest BCUT2D eigenvalue weighted by molar-refractivity contribution is 0.569. The van der Waals surface area contributed by atoms with E-state index in [1.54, 1.807) is 0 Å². The molecular weight excluding hydrogens is 247 g/mol. The lowest BCUT2D eigenvalue weighted by Crippen LogP contribution is -2.21. The Bertz CT molecular complexity index is 404. The van der Waals surface area contributed by atoms with E-state index in [0.29, 0.717) is 5.16 Å². The van der Waals surface area contributed by atoms with Crippen LogP contribution in [0, 0.1) is 0 Å². The average Bonchev–Trinajstić information content (AvgIpc) is 2.11. The van der Waals surface area contributed by atoms with Crippen molar-refractivity contribution in [2.75, 3.05) is 0 Å². The predicted octanol–water partition coefficient (Wildman–Crippen LogP) is 5.38. The van der Waals surface area contributed by atoms with Gasteiger partial charge in [0.15, 0.2) is 0 Å². The van der Waals surface area contributed by atoms with Gasteiger partial charge in [0.05, 0.1) is 0 Å². The SMILES string of the molecule is CC(C)(C)Pc1cc(C(C)(C)C)cc(C(C)(C)C)c1. The summed E-state index contributed by atoms with van der Waals surface area (Å²) in [6, 6.07) is 7.23. The van der Waals surface area contributed by atoms with E-state index in [-0.39, 0.29) is 10.8 Å². The third kappa shape index (κ3) is 5.27. The summed E-state index contributed by atoms with van der Waals surface area (Å²) >= 11 is 0. The Kier molecular flexibility index (Phi) is 4.58. The molecule has 0 nitrogen and oxygen atoms in total. The van der Waals surface area contributed by atoms with Crippen molar-refractivity contribution in [3.05, 3.63) is 29.3 Å². The van der Waals surface area contributed by atoms with Gasteiger partial charge < -0.3 is 0 Å². The van der Waals surface area contributed by atoms with Crippen LogP contribution < -0.4 is 5.30 Å². The Morgan fingerprint density at radius 1 is 0.632 bits per heavy atom. The molecule has 1 aromatic carbocycles. The quantitative estimate of drug-likeness (QED) is 0.605. The molecule has 0 heterocycles. The average molecular weight is 278 g/mol. The van der Waals surface area contributed by atoms with Crippen molar-refractivity contribution < 1.29 is 0 Å². The summed E-state index contributed by atoms with van der Waals surface area (Å²) in [7, 11) is 0.865. The van der Waals surface area contributed by atoms with Gasteiger partial charge in [0.25, 0.3) is 0 Å². The minimum absolute atomic E-state index is 0.221. The minimum atomic E-state index is 0.221. The normalized spacial score (nSPS) is 14.4. The molecule has 0 aliphatic carbocycles. The standard InChI is InChI=1S/C18H31P/c1-16(2,3)13-10-14(17(4,5)6)12-15(11-13)19-18(7,8)9/h10-12,19H,1-9H3. The number of benzene rings is 1. The molecule has 1 heteroatoms. The largest absolute Gasteiger partial charge is 0.0848 e. The summed E-state index contributed by atoms with van der Waals surface area (Å²) in [5.41, 5.74) is 3.37. The van der Waals surface area contributed by atoms with Crippen LogP contribution in [-0.4, -0.2) is 5.16 Å². The molecule has 0 N–H and O–H groups in total. The summed E-state index contributed by atoms with van der Waals surface area (Å²) < 4.78 is 0. The smallest absolute Gasteiger partial charge is 0.0132 e. The molecule has 0 aromatic heterocycles. The lowest BCUT2D eigenvalue weighted by Gasteiger charge is -2.28. The zero-order valence-electron chi connectivity index (χ0n) is 14.2. The van der Waals surface area contributed by atoms with Gasteiger partial charge in [-0.2, -0.15) is 0 Å². The summed E-state index contributed by atoms with van der Waals surface area (Å²) in [6.07, 6.45) is 0. The molecule has 1 aromatic rings. The molecule has 0 saturated carbocycles. The fraction of sp³-hybridized carbons (Fsp3) is 0.667. The van der Waals surface area contributed by atoms with Gasteiger partial charge in [-0.1, -0.05) is 89.1 Å². The molecule has 0 aliphatic rings. The maximum absolute atomic E-state index is 2.42. The molecule has 1 rings (SSSR count). The molecule has 0 spiro atoms. The van der Waals surface area contributed by atoms with Crippen LogP contribution in [0.4, 0.5) is 0 Å². The van der Waals surface area contributed by atoms with Crippen molar-refractivity contribution in [2.24, 2.45) is 0 Å². The van der Waals surface area contributed by atoms with Crippen LogP contribution in [0.25, 0.3) is 0 Å².